The molecule has 0 amide bonds. The Bertz CT molecular complexity index is 417. The quantitative estimate of drug-likeness (QED) is 0.883. The fourth-order valence-corrected chi connectivity index (χ4v) is 2.57. The smallest absolute Gasteiger partial charge is 0.329 e. The highest BCUT2D eigenvalue weighted by atomic mass is 19.4. The fourth-order valence-electron chi connectivity index (χ4n) is 2.57. The topological polar surface area (TPSA) is 29.3 Å². The van der Waals surface area contributed by atoms with Gasteiger partial charge in [0.2, 0.25) is 0 Å². The first-order chi connectivity index (χ1) is 8.41. The van der Waals surface area contributed by atoms with Crippen molar-refractivity contribution in [3.8, 4) is 0 Å². The summed E-state index contributed by atoms with van der Waals surface area (Å²) in [6, 6.07) is 5.89. The lowest BCUT2D eigenvalue weighted by molar-refractivity contribution is -0.137. The lowest BCUT2D eigenvalue weighted by Gasteiger charge is -2.15. The molecule has 18 heavy (non-hydrogen) atoms. The third kappa shape index (κ3) is 2.67. The zero-order chi connectivity index (χ0) is 13.3. The molecule has 2 N–H and O–H groups in total. The Balaban J connectivity index is 2.20. The minimum Gasteiger partial charge on any atom is -0.329 e. The second kappa shape index (κ2) is 4.90. The van der Waals surface area contributed by atoms with Crippen molar-refractivity contribution in [2.45, 2.75) is 24.6 Å². The third-order valence-electron chi connectivity index (χ3n) is 3.65. The molecule has 0 aliphatic carbocycles. The first-order valence-corrected chi connectivity index (χ1v) is 5.99. The Morgan fingerprint density at radius 2 is 2.11 bits per heavy atom. The van der Waals surface area contributed by atoms with E-state index in [0.29, 0.717) is 6.54 Å². The summed E-state index contributed by atoms with van der Waals surface area (Å²) in [5.41, 5.74) is 5.83. The van der Waals surface area contributed by atoms with Gasteiger partial charge in [-0.15, -0.1) is 0 Å². The molecule has 0 aromatic heterocycles. The summed E-state index contributed by atoms with van der Waals surface area (Å²) in [5, 5.41) is 0. The van der Waals surface area contributed by atoms with Crippen LogP contribution in [0.1, 0.15) is 23.5 Å². The van der Waals surface area contributed by atoms with E-state index >= 15 is 0 Å². The van der Waals surface area contributed by atoms with E-state index in [1.54, 1.807) is 6.07 Å². The first-order valence-electron chi connectivity index (χ1n) is 5.99. The van der Waals surface area contributed by atoms with Crippen molar-refractivity contribution in [3.05, 3.63) is 35.4 Å². The summed E-state index contributed by atoms with van der Waals surface area (Å²) in [5.74, 6) is 0.144. The van der Waals surface area contributed by atoms with E-state index in [1.165, 1.54) is 12.1 Å². The molecule has 2 nitrogen and oxygen atoms in total. The second-order valence-corrected chi connectivity index (χ2v) is 4.88. The number of benzene rings is 1. The summed E-state index contributed by atoms with van der Waals surface area (Å²) in [7, 11) is 1.96. The molecular formula is C13H17F3N2. The van der Waals surface area contributed by atoms with Crippen molar-refractivity contribution in [1.29, 1.82) is 0 Å². The van der Waals surface area contributed by atoms with E-state index in [9.17, 15) is 13.2 Å². The van der Waals surface area contributed by atoms with Crippen molar-refractivity contribution in [2.24, 2.45) is 5.73 Å². The maximum Gasteiger partial charge on any atom is 0.416 e. The van der Waals surface area contributed by atoms with Gasteiger partial charge >= 0.3 is 6.18 Å². The Hall–Kier alpha value is -1.07. The number of likely N-dealkylation sites (tertiary alicyclic amines) is 1. The van der Waals surface area contributed by atoms with Gasteiger partial charge in [0.15, 0.2) is 0 Å². The standard InChI is InChI=1S/C13H17F3N2/c1-18-8-10(6-12(18)7-17)9-3-2-4-11(5-9)13(14,15)16/h2-5,10,12H,6-8,17H2,1H3. The molecule has 0 bridgehead atoms. The van der Waals surface area contributed by atoms with Crippen molar-refractivity contribution >= 4 is 0 Å². The van der Waals surface area contributed by atoms with Crippen LogP contribution in [-0.2, 0) is 6.18 Å². The summed E-state index contributed by atoms with van der Waals surface area (Å²) in [6.45, 7) is 1.31. The third-order valence-corrected chi connectivity index (χ3v) is 3.65. The maximum absolute atomic E-state index is 12.6. The summed E-state index contributed by atoms with van der Waals surface area (Å²) in [6.07, 6.45) is -3.44. The minimum atomic E-state index is -4.27. The molecule has 2 atom stereocenters. The van der Waals surface area contributed by atoms with Crippen LogP contribution in [0, 0.1) is 0 Å². The van der Waals surface area contributed by atoms with Crippen molar-refractivity contribution < 1.29 is 13.2 Å². The van der Waals surface area contributed by atoms with Crippen LogP contribution in [0.4, 0.5) is 13.2 Å². The van der Waals surface area contributed by atoms with Crippen molar-refractivity contribution in [3.63, 3.8) is 0 Å². The van der Waals surface area contributed by atoms with Gasteiger partial charge in [-0.05, 0) is 31.0 Å². The van der Waals surface area contributed by atoms with Gasteiger partial charge in [-0.2, -0.15) is 13.2 Å². The molecule has 2 unspecified atom stereocenters. The van der Waals surface area contributed by atoms with Crippen LogP contribution in [0.25, 0.3) is 0 Å². The SMILES string of the molecule is CN1CC(c2cccc(C(F)(F)F)c2)CC1CN. The number of rotatable bonds is 2. The number of hydrogen-bond donors (Lipinski definition) is 1. The van der Waals surface area contributed by atoms with Crippen LogP contribution < -0.4 is 5.73 Å². The van der Waals surface area contributed by atoms with E-state index in [-0.39, 0.29) is 12.0 Å². The van der Waals surface area contributed by atoms with Crippen LogP contribution in [0.2, 0.25) is 0 Å². The molecule has 0 saturated carbocycles. The lowest BCUT2D eigenvalue weighted by atomic mass is 9.95. The molecule has 1 aromatic rings. The zero-order valence-electron chi connectivity index (χ0n) is 10.2. The molecule has 1 aromatic carbocycles. The number of likely N-dealkylation sites (N-methyl/N-ethyl adjacent to an activating group) is 1. The average Bonchev–Trinajstić information content (AvgIpc) is 2.70. The molecule has 2 rings (SSSR count). The van der Waals surface area contributed by atoms with Gasteiger partial charge in [-0.1, -0.05) is 18.2 Å². The minimum absolute atomic E-state index is 0.144. The van der Waals surface area contributed by atoms with Crippen LogP contribution in [0.15, 0.2) is 24.3 Å². The molecule has 5 heteroatoms. The summed E-state index contributed by atoms with van der Waals surface area (Å²) < 4.78 is 37.9. The van der Waals surface area contributed by atoms with E-state index < -0.39 is 11.7 Å². The van der Waals surface area contributed by atoms with Gasteiger partial charge in [0, 0.05) is 19.1 Å². The van der Waals surface area contributed by atoms with Crippen LogP contribution >= 0.6 is 0 Å². The summed E-state index contributed by atoms with van der Waals surface area (Å²) >= 11 is 0. The van der Waals surface area contributed by atoms with Gasteiger partial charge in [-0.25, -0.2) is 0 Å². The normalized spacial score (nSPS) is 25.6. The number of hydrogen-bond acceptors (Lipinski definition) is 2. The van der Waals surface area contributed by atoms with Crippen LogP contribution in [0.5, 0.6) is 0 Å². The molecule has 0 spiro atoms. The van der Waals surface area contributed by atoms with Gasteiger partial charge in [0.1, 0.15) is 0 Å². The number of nitrogens with two attached hydrogens (primary N) is 1. The first kappa shape index (κ1) is 13.4. The predicted molar refractivity (Wildman–Crippen MR) is 64.3 cm³/mol. The Kier molecular flexibility index (Phi) is 3.64. The highest BCUT2D eigenvalue weighted by molar-refractivity contribution is 5.29. The van der Waals surface area contributed by atoms with Gasteiger partial charge in [-0.3, -0.25) is 0 Å². The van der Waals surface area contributed by atoms with E-state index in [2.05, 4.69) is 4.90 Å². The van der Waals surface area contributed by atoms with Gasteiger partial charge in [0.05, 0.1) is 5.56 Å². The molecule has 0 radical (unpaired) electrons. The van der Waals surface area contributed by atoms with Crippen molar-refractivity contribution in [2.75, 3.05) is 20.1 Å². The highest BCUT2D eigenvalue weighted by Crippen LogP contribution is 2.34. The molecule has 1 aliphatic rings. The van der Waals surface area contributed by atoms with E-state index in [0.717, 1.165) is 24.6 Å². The number of halogens is 3. The van der Waals surface area contributed by atoms with Crippen LogP contribution in [-0.4, -0.2) is 31.1 Å². The molecule has 1 heterocycles. The Labute approximate surface area is 105 Å². The molecule has 1 fully saturated rings. The van der Waals surface area contributed by atoms with E-state index in [1.807, 2.05) is 7.05 Å². The molecule has 1 aliphatic heterocycles. The largest absolute Gasteiger partial charge is 0.416 e. The zero-order valence-corrected chi connectivity index (χ0v) is 10.2. The fraction of sp³-hybridized carbons (Fsp3) is 0.538. The monoisotopic (exact) mass is 258 g/mol. The van der Waals surface area contributed by atoms with Gasteiger partial charge in [0.25, 0.3) is 0 Å². The lowest BCUT2D eigenvalue weighted by Crippen LogP contribution is -2.31. The molecule has 100 valence electrons. The average molecular weight is 258 g/mol. The highest BCUT2D eigenvalue weighted by Gasteiger charge is 2.33. The summed E-state index contributed by atoms with van der Waals surface area (Å²) in [4.78, 5) is 2.12. The second-order valence-electron chi connectivity index (χ2n) is 4.88. The maximum atomic E-state index is 12.6. The predicted octanol–water partition coefficient (Wildman–Crippen LogP) is 2.45. The van der Waals surface area contributed by atoms with Gasteiger partial charge < -0.3 is 10.6 Å². The van der Waals surface area contributed by atoms with Crippen LogP contribution in [0.3, 0.4) is 0 Å². The van der Waals surface area contributed by atoms with E-state index in [4.69, 9.17) is 5.73 Å². The molecular weight excluding hydrogens is 241 g/mol. The van der Waals surface area contributed by atoms with Crippen molar-refractivity contribution in [1.82, 2.24) is 4.90 Å². The Morgan fingerprint density at radius 3 is 2.67 bits per heavy atom. The molecule has 1 saturated heterocycles. The number of alkyl halides is 3. The Morgan fingerprint density at radius 1 is 1.39 bits per heavy atom. The number of nitrogens with zero attached hydrogens (tertiary/aromatic N) is 1.